The molecule has 0 radical (unpaired) electrons. The first-order valence-corrected chi connectivity index (χ1v) is 5.86. The van der Waals surface area contributed by atoms with E-state index in [2.05, 4.69) is 15.9 Å². The minimum atomic E-state index is -0.477. The number of benzene rings is 1. The van der Waals surface area contributed by atoms with Gasteiger partial charge in [0.2, 0.25) is 0 Å². The Morgan fingerprint density at radius 2 is 2.31 bits per heavy atom. The second kappa shape index (κ2) is 4.55. The molecule has 2 rings (SSSR count). The van der Waals surface area contributed by atoms with E-state index >= 15 is 0 Å². The SMILES string of the molecule is COC(=O)C1(Cc2cccc(Br)c2)COC1. The van der Waals surface area contributed by atoms with Gasteiger partial charge in [-0.2, -0.15) is 0 Å². The van der Waals surface area contributed by atoms with Gasteiger partial charge in [-0.15, -0.1) is 0 Å². The lowest BCUT2D eigenvalue weighted by Gasteiger charge is -2.38. The van der Waals surface area contributed by atoms with E-state index in [4.69, 9.17) is 9.47 Å². The minimum Gasteiger partial charge on any atom is -0.468 e. The lowest BCUT2D eigenvalue weighted by molar-refractivity contribution is -0.182. The molecule has 0 bridgehead atoms. The third kappa shape index (κ3) is 2.13. The molecule has 0 N–H and O–H groups in total. The first-order valence-electron chi connectivity index (χ1n) is 5.07. The molecule has 0 aliphatic carbocycles. The third-order valence-corrected chi connectivity index (χ3v) is 3.30. The van der Waals surface area contributed by atoms with E-state index < -0.39 is 5.41 Å². The molecular weight excluding hydrogens is 272 g/mol. The van der Waals surface area contributed by atoms with Crippen LogP contribution in [0.15, 0.2) is 28.7 Å². The van der Waals surface area contributed by atoms with Gasteiger partial charge >= 0.3 is 5.97 Å². The van der Waals surface area contributed by atoms with Crippen molar-refractivity contribution in [2.24, 2.45) is 5.41 Å². The lowest BCUT2D eigenvalue weighted by atomic mass is 9.80. The fourth-order valence-corrected chi connectivity index (χ4v) is 2.34. The molecular formula is C12H13BrO3. The maximum absolute atomic E-state index is 11.7. The first-order chi connectivity index (χ1) is 7.66. The molecule has 0 saturated carbocycles. The van der Waals surface area contributed by atoms with Crippen molar-refractivity contribution in [2.75, 3.05) is 20.3 Å². The van der Waals surface area contributed by atoms with Crippen LogP contribution in [0.25, 0.3) is 0 Å². The van der Waals surface area contributed by atoms with Gasteiger partial charge in [-0.1, -0.05) is 28.1 Å². The van der Waals surface area contributed by atoms with Crippen LogP contribution in [-0.2, 0) is 20.7 Å². The van der Waals surface area contributed by atoms with Crippen LogP contribution in [-0.4, -0.2) is 26.3 Å². The molecule has 1 saturated heterocycles. The molecule has 0 spiro atoms. The lowest BCUT2D eigenvalue weighted by Crippen LogP contribution is -2.51. The fraction of sp³-hybridized carbons (Fsp3) is 0.417. The molecule has 1 heterocycles. The van der Waals surface area contributed by atoms with Crippen LogP contribution in [0.2, 0.25) is 0 Å². The molecule has 1 aromatic rings. The first kappa shape index (κ1) is 11.6. The zero-order valence-electron chi connectivity index (χ0n) is 9.03. The van der Waals surface area contributed by atoms with Gasteiger partial charge in [0.25, 0.3) is 0 Å². The van der Waals surface area contributed by atoms with Crippen molar-refractivity contribution < 1.29 is 14.3 Å². The number of hydrogen-bond acceptors (Lipinski definition) is 3. The van der Waals surface area contributed by atoms with Crippen LogP contribution in [0.3, 0.4) is 0 Å². The van der Waals surface area contributed by atoms with Gasteiger partial charge < -0.3 is 9.47 Å². The number of carbonyl (C=O) groups excluding carboxylic acids is 1. The quantitative estimate of drug-likeness (QED) is 0.799. The van der Waals surface area contributed by atoms with Gasteiger partial charge in [0, 0.05) is 4.47 Å². The van der Waals surface area contributed by atoms with Crippen molar-refractivity contribution in [1.29, 1.82) is 0 Å². The molecule has 1 fully saturated rings. The van der Waals surface area contributed by atoms with Crippen molar-refractivity contribution >= 4 is 21.9 Å². The summed E-state index contributed by atoms with van der Waals surface area (Å²) in [5.41, 5.74) is 0.637. The molecule has 1 aromatic carbocycles. The summed E-state index contributed by atoms with van der Waals surface area (Å²) in [6, 6.07) is 7.95. The van der Waals surface area contributed by atoms with E-state index in [0.29, 0.717) is 19.6 Å². The van der Waals surface area contributed by atoms with Crippen LogP contribution < -0.4 is 0 Å². The summed E-state index contributed by atoms with van der Waals surface area (Å²) in [6.07, 6.45) is 0.666. The number of carbonyl (C=O) groups is 1. The van der Waals surface area contributed by atoms with E-state index in [-0.39, 0.29) is 5.97 Å². The van der Waals surface area contributed by atoms with E-state index in [1.807, 2.05) is 24.3 Å². The number of halogens is 1. The predicted octanol–water partition coefficient (Wildman–Crippen LogP) is 2.18. The van der Waals surface area contributed by atoms with Crippen LogP contribution in [0.5, 0.6) is 0 Å². The van der Waals surface area contributed by atoms with Crippen LogP contribution in [0.4, 0.5) is 0 Å². The van der Waals surface area contributed by atoms with Crippen molar-refractivity contribution in [3.8, 4) is 0 Å². The smallest absolute Gasteiger partial charge is 0.316 e. The van der Waals surface area contributed by atoms with Crippen molar-refractivity contribution in [2.45, 2.75) is 6.42 Å². The summed E-state index contributed by atoms with van der Waals surface area (Å²) in [5.74, 6) is -0.182. The molecule has 16 heavy (non-hydrogen) atoms. The number of rotatable bonds is 3. The summed E-state index contributed by atoms with van der Waals surface area (Å²) >= 11 is 3.42. The second-order valence-corrected chi connectivity index (χ2v) is 4.99. The van der Waals surface area contributed by atoms with Crippen LogP contribution in [0.1, 0.15) is 5.56 Å². The highest BCUT2D eigenvalue weighted by Crippen LogP contribution is 2.33. The molecule has 1 aliphatic heterocycles. The summed E-state index contributed by atoms with van der Waals surface area (Å²) in [5, 5.41) is 0. The fourth-order valence-electron chi connectivity index (χ4n) is 1.89. The Morgan fingerprint density at radius 1 is 1.56 bits per heavy atom. The average Bonchev–Trinajstić information content (AvgIpc) is 2.22. The summed E-state index contributed by atoms with van der Waals surface area (Å²) in [6.45, 7) is 0.901. The Morgan fingerprint density at radius 3 is 2.81 bits per heavy atom. The van der Waals surface area contributed by atoms with Gasteiger partial charge in [-0.25, -0.2) is 0 Å². The number of esters is 1. The number of hydrogen-bond donors (Lipinski definition) is 0. The zero-order chi connectivity index (χ0) is 11.6. The van der Waals surface area contributed by atoms with E-state index in [9.17, 15) is 4.79 Å². The van der Waals surface area contributed by atoms with E-state index in [1.165, 1.54) is 7.11 Å². The maximum Gasteiger partial charge on any atom is 0.316 e. The Labute approximate surface area is 103 Å². The predicted molar refractivity (Wildman–Crippen MR) is 63.1 cm³/mol. The highest BCUT2D eigenvalue weighted by Gasteiger charge is 2.47. The highest BCUT2D eigenvalue weighted by molar-refractivity contribution is 9.10. The van der Waals surface area contributed by atoms with Gasteiger partial charge in [-0.3, -0.25) is 4.79 Å². The molecule has 0 unspecified atom stereocenters. The third-order valence-electron chi connectivity index (χ3n) is 2.81. The van der Waals surface area contributed by atoms with Gasteiger partial charge in [0.05, 0.1) is 20.3 Å². The van der Waals surface area contributed by atoms with Crippen LogP contribution in [0, 0.1) is 5.41 Å². The van der Waals surface area contributed by atoms with E-state index in [0.717, 1.165) is 10.0 Å². The summed E-state index contributed by atoms with van der Waals surface area (Å²) in [7, 11) is 1.42. The monoisotopic (exact) mass is 284 g/mol. The van der Waals surface area contributed by atoms with Gasteiger partial charge in [0.1, 0.15) is 5.41 Å². The van der Waals surface area contributed by atoms with Gasteiger partial charge in [-0.05, 0) is 24.1 Å². The Kier molecular flexibility index (Phi) is 3.30. The van der Waals surface area contributed by atoms with Crippen molar-refractivity contribution in [3.05, 3.63) is 34.3 Å². The molecule has 3 nitrogen and oxygen atoms in total. The molecule has 0 atom stereocenters. The Bertz CT molecular complexity index is 399. The number of methoxy groups -OCH3 is 1. The zero-order valence-corrected chi connectivity index (χ0v) is 10.6. The summed E-state index contributed by atoms with van der Waals surface area (Å²) in [4.78, 5) is 11.7. The normalized spacial score (nSPS) is 17.6. The highest BCUT2D eigenvalue weighted by atomic mass is 79.9. The number of ether oxygens (including phenoxy) is 2. The maximum atomic E-state index is 11.7. The second-order valence-electron chi connectivity index (χ2n) is 4.07. The average molecular weight is 285 g/mol. The molecule has 0 aromatic heterocycles. The van der Waals surface area contributed by atoms with Crippen LogP contribution >= 0.6 is 15.9 Å². The van der Waals surface area contributed by atoms with E-state index in [1.54, 1.807) is 0 Å². The molecule has 0 amide bonds. The Hall–Kier alpha value is -0.870. The van der Waals surface area contributed by atoms with Crippen molar-refractivity contribution in [1.82, 2.24) is 0 Å². The topological polar surface area (TPSA) is 35.5 Å². The molecule has 86 valence electrons. The Balaban J connectivity index is 2.16. The summed E-state index contributed by atoms with van der Waals surface area (Å²) < 4.78 is 11.0. The largest absolute Gasteiger partial charge is 0.468 e. The minimum absolute atomic E-state index is 0.182. The molecule has 4 heteroatoms. The van der Waals surface area contributed by atoms with Gasteiger partial charge in [0.15, 0.2) is 0 Å². The van der Waals surface area contributed by atoms with Crippen molar-refractivity contribution in [3.63, 3.8) is 0 Å². The molecule has 1 aliphatic rings. The standard InChI is InChI=1S/C12H13BrO3/c1-15-11(14)12(7-16-8-12)6-9-3-2-4-10(13)5-9/h2-5H,6-8H2,1H3.